The first-order chi connectivity index (χ1) is 7.63. The van der Waals surface area contributed by atoms with Gasteiger partial charge in [-0.15, -0.1) is 0 Å². The Morgan fingerprint density at radius 3 is 2.56 bits per heavy atom. The SMILES string of the molecule is CC(C)(ON)c1cnn(-c2ccccc2)c1. The van der Waals surface area contributed by atoms with E-state index in [4.69, 9.17) is 10.7 Å². The van der Waals surface area contributed by atoms with Crippen molar-refractivity contribution in [2.45, 2.75) is 19.4 Å². The van der Waals surface area contributed by atoms with Gasteiger partial charge in [0.2, 0.25) is 0 Å². The highest BCUT2D eigenvalue weighted by Gasteiger charge is 2.22. The maximum atomic E-state index is 5.25. The third kappa shape index (κ3) is 1.98. The smallest absolute Gasteiger partial charge is 0.112 e. The van der Waals surface area contributed by atoms with Crippen molar-refractivity contribution in [3.8, 4) is 5.69 Å². The van der Waals surface area contributed by atoms with Crippen molar-refractivity contribution in [1.29, 1.82) is 0 Å². The summed E-state index contributed by atoms with van der Waals surface area (Å²) < 4.78 is 1.80. The van der Waals surface area contributed by atoms with Gasteiger partial charge >= 0.3 is 0 Å². The Bertz CT molecular complexity index is 462. The summed E-state index contributed by atoms with van der Waals surface area (Å²) in [4.78, 5) is 4.92. The van der Waals surface area contributed by atoms with Gasteiger partial charge in [-0.3, -0.25) is 4.84 Å². The molecule has 0 aliphatic carbocycles. The van der Waals surface area contributed by atoms with Crippen molar-refractivity contribution in [2.24, 2.45) is 5.90 Å². The Morgan fingerprint density at radius 2 is 1.94 bits per heavy atom. The molecule has 2 N–H and O–H groups in total. The molecule has 2 aromatic rings. The standard InChI is InChI=1S/C12H15N3O/c1-12(2,16-13)10-8-14-15(9-10)11-6-4-3-5-7-11/h3-9H,13H2,1-2H3. The monoisotopic (exact) mass is 217 g/mol. The minimum Gasteiger partial charge on any atom is -0.294 e. The lowest BCUT2D eigenvalue weighted by Crippen LogP contribution is -2.24. The van der Waals surface area contributed by atoms with Crippen molar-refractivity contribution in [3.05, 3.63) is 48.3 Å². The second kappa shape index (κ2) is 4.08. The lowest BCUT2D eigenvalue weighted by atomic mass is 10.0. The fourth-order valence-corrected chi connectivity index (χ4v) is 1.42. The van der Waals surface area contributed by atoms with Crippen LogP contribution in [0.15, 0.2) is 42.7 Å². The lowest BCUT2D eigenvalue weighted by molar-refractivity contribution is -0.0236. The Hall–Kier alpha value is -1.65. The van der Waals surface area contributed by atoms with Crippen LogP contribution in [-0.4, -0.2) is 9.78 Å². The van der Waals surface area contributed by atoms with Gasteiger partial charge in [0.15, 0.2) is 0 Å². The molecule has 0 fully saturated rings. The Balaban J connectivity index is 2.34. The third-order valence-electron chi connectivity index (χ3n) is 2.59. The number of rotatable bonds is 3. The van der Waals surface area contributed by atoms with Crippen LogP contribution >= 0.6 is 0 Å². The largest absolute Gasteiger partial charge is 0.294 e. The molecule has 0 saturated carbocycles. The number of hydrogen-bond donors (Lipinski definition) is 1. The zero-order chi connectivity index (χ0) is 11.6. The maximum absolute atomic E-state index is 5.25. The van der Waals surface area contributed by atoms with Crippen LogP contribution in [0.4, 0.5) is 0 Å². The first kappa shape index (κ1) is 10.9. The fraction of sp³-hybridized carbons (Fsp3) is 0.250. The molecule has 0 bridgehead atoms. The average Bonchev–Trinajstić information content (AvgIpc) is 2.80. The molecule has 1 aromatic carbocycles. The highest BCUT2D eigenvalue weighted by atomic mass is 16.6. The fourth-order valence-electron chi connectivity index (χ4n) is 1.42. The van der Waals surface area contributed by atoms with Gasteiger partial charge in [0, 0.05) is 11.8 Å². The second-order valence-electron chi connectivity index (χ2n) is 4.14. The molecule has 0 atom stereocenters. The molecule has 1 aromatic heterocycles. The number of nitrogens with zero attached hydrogens (tertiary/aromatic N) is 2. The van der Waals surface area contributed by atoms with E-state index in [-0.39, 0.29) is 0 Å². The normalized spacial score (nSPS) is 11.7. The summed E-state index contributed by atoms with van der Waals surface area (Å²) in [5.41, 5.74) is 1.44. The quantitative estimate of drug-likeness (QED) is 0.800. The molecular weight excluding hydrogens is 202 g/mol. The molecule has 0 radical (unpaired) electrons. The van der Waals surface area contributed by atoms with Crippen molar-refractivity contribution in [1.82, 2.24) is 9.78 Å². The number of aromatic nitrogens is 2. The third-order valence-corrected chi connectivity index (χ3v) is 2.59. The van der Waals surface area contributed by atoms with Crippen LogP contribution < -0.4 is 5.90 Å². The van der Waals surface area contributed by atoms with E-state index in [0.717, 1.165) is 11.3 Å². The highest BCUT2D eigenvalue weighted by molar-refractivity contribution is 5.31. The van der Waals surface area contributed by atoms with Gasteiger partial charge in [0.1, 0.15) is 5.60 Å². The molecule has 0 aliphatic rings. The Morgan fingerprint density at radius 1 is 1.25 bits per heavy atom. The van der Waals surface area contributed by atoms with Crippen LogP contribution in [0.5, 0.6) is 0 Å². The van der Waals surface area contributed by atoms with Gasteiger partial charge < -0.3 is 0 Å². The first-order valence-electron chi connectivity index (χ1n) is 5.12. The molecule has 0 spiro atoms. The van der Waals surface area contributed by atoms with E-state index in [1.54, 1.807) is 10.9 Å². The van der Waals surface area contributed by atoms with Crippen molar-refractivity contribution in [3.63, 3.8) is 0 Å². The van der Waals surface area contributed by atoms with Crippen LogP contribution in [0.2, 0.25) is 0 Å². The van der Waals surface area contributed by atoms with Gasteiger partial charge in [0.25, 0.3) is 0 Å². The summed E-state index contributed by atoms with van der Waals surface area (Å²) in [5, 5.41) is 4.28. The van der Waals surface area contributed by atoms with Gasteiger partial charge in [-0.1, -0.05) is 18.2 Å². The number of nitrogens with two attached hydrogens (primary N) is 1. The predicted molar refractivity (Wildman–Crippen MR) is 61.9 cm³/mol. The van der Waals surface area contributed by atoms with Gasteiger partial charge in [-0.05, 0) is 26.0 Å². The number of benzene rings is 1. The molecule has 84 valence electrons. The van der Waals surface area contributed by atoms with Crippen molar-refractivity contribution >= 4 is 0 Å². The van der Waals surface area contributed by atoms with Gasteiger partial charge in [-0.25, -0.2) is 10.6 Å². The van der Waals surface area contributed by atoms with Crippen molar-refractivity contribution in [2.75, 3.05) is 0 Å². The minimum absolute atomic E-state index is 0.521. The summed E-state index contributed by atoms with van der Waals surface area (Å²) in [5.74, 6) is 5.25. The number of para-hydroxylation sites is 1. The molecule has 0 saturated heterocycles. The topological polar surface area (TPSA) is 53.1 Å². The molecule has 0 aliphatic heterocycles. The molecule has 16 heavy (non-hydrogen) atoms. The Kier molecular flexibility index (Phi) is 2.77. The zero-order valence-electron chi connectivity index (χ0n) is 9.42. The van der Waals surface area contributed by atoms with Crippen LogP contribution in [0.25, 0.3) is 5.69 Å². The van der Waals surface area contributed by atoms with Gasteiger partial charge in [-0.2, -0.15) is 5.10 Å². The van der Waals surface area contributed by atoms with E-state index in [2.05, 4.69) is 5.10 Å². The van der Waals surface area contributed by atoms with E-state index < -0.39 is 5.60 Å². The van der Waals surface area contributed by atoms with E-state index in [1.807, 2.05) is 50.4 Å². The molecule has 2 rings (SSSR count). The molecule has 4 nitrogen and oxygen atoms in total. The predicted octanol–water partition coefficient (Wildman–Crippen LogP) is 2.00. The molecular formula is C12H15N3O. The summed E-state index contributed by atoms with van der Waals surface area (Å²) in [6, 6.07) is 9.91. The van der Waals surface area contributed by atoms with Crippen molar-refractivity contribution < 1.29 is 4.84 Å². The first-order valence-corrected chi connectivity index (χ1v) is 5.12. The highest BCUT2D eigenvalue weighted by Crippen LogP contribution is 2.22. The summed E-state index contributed by atoms with van der Waals surface area (Å²) in [6.07, 6.45) is 3.68. The van der Waals surface area contributed by atoms with E-state index in [0.29, 0.717) is 0 Å². The zero-order valence-corrected chi connectivity index (χ0v) is 9.42. The molecule has 0 amide bonds. The number of hydrogen-bond acceptors (Lipinski definition) is 3. The Labute approximate surface area is 94.6 Å². The summed E-state index contributed by atoms with van der Waals surface area (Å²) in [7, 11) is 0. The summed E-state index contributed by atoms with van der Waals surface area (Å²) in [6.45, 7) is 3.80. The summed E-state index contributed by atoms with van der Waals surface area (Å²) >= 11 is 0. The lowest BCUT2D eigenvalue weighted by Gasteiger charge is -2.19. The van der Waals surface area contributed by atoms with Crippen LogP contribution in [0.1, 0.15) is 19.4 Å². The van der Waals surface area contributed by atoms with E-state index >= 15 is 0 Å². The molecule has 0 unspecified atom stereocenters. The average molecular weight is 217 g/mol. The molecule has 1 heterocycles. The second-order valence-corrected chi connectivity index (χ2v) is 4.14. The van der Waals surface area contributed by atoms with E-state index in [9.17, 15) is 0 Å². The van der Waals surface area contributed by atoms with Crippen LogP contribution in [-0.2, 0) is 10.4 Å². The van der Waals surface area contributed by atoms with Gasteiger partial charge in [0.05, 0.1) is 11.9 Å². The maximum Gasteiger partial charge on any atom is 0.112 e. The molecule has 4 heteroatoms. The minimum atomic E-state index is -0.521. The van der Waals surface area contributed by atoms with E-state index in [1.165, 1.54) is 0 Å². The van der Waals surface area contributed by atoms with Crippen LogP contribution in [0.3, 0.4) is 0 Å². The van der Waals surface area contributed by atoms with Crippen LogP contribution in [0, 0.1) is 0 Å².